The minimum Gasteiger partial charge on any atom is -0.343 e. The van der Waals surface area contributed by atoms with Crippen LogP contribution < -0.4 is 0 Å². The number of rotatable bonds is 7. The van der Waals surface area contributed by atoms with Gasteiger partial charge in [-0.1, -0.05) is 79.9 Å². The number of carbonyl (C=O) groups excluding carboxylic acids is 1. The predicted molar refractivity (Wildman–Crippen MR) is 113 cm³/mol. The van der Waals surface area contributed by atoms with Crippen molar-refractivity contribution in [2.75, 3.05) is 13.1 Å². The van der Waals surface area contributed by atoms with Gasteiger partial charge in [0.05, 0.1) is 0 Å². The van der Waals surface area contributed by atoms with Crippen LogP contribution in [0.15, 0.2) is 54.6 Å². The van der Waals surface area contributed by atoms with Gasteiger partial charge < -0.3 is 4.90 Å². The van der Waals surface area contributed by atoms with Crippen molar-refractivity contribution >= 4 is 5.91 Å². The maximum Gasteiger partial charge on any atom is 0.222 e. The zero-order valence-electron chi connectivity index (χ0n) is 16.9. The van der Waals surface area contributed by atoms with Gasteiger partial charge in [0.2, 0.25) is 5.91 Å². The number of aryl methyl sites for hydroxylation is 2. The summed E-state index contributed by atoms with van der Waals surface area (Å²) < 4.78 is 0. The van der Waals surface area contributed by atoms with Crippen LogP contribution in [-0.4, -0.2) is 23.9 Å². The fourth-order valence-electron chi connectivity index (χ4n) is 4.34. The average Bonchev–Trinajstić information content (AvgIpc) is 2.72. The molecule has 0 N–H and O–H groups in total. The number of likely N-dealkylation sites (tertiary alicyclic amines) is 1. The van der Waals surface area contributed by atoms with Crippen molar-refractivity contribution in [3.05, 3.63) is 71.3 Å². The Hall–Kier alpha value is -2.09. The third kappa shape index (κ3) is 5.00. The number of carbonyl (C=O) groups is 1. The first-order chi connectivity index (χ1) is 13.1. The summed E-state index contributed by atoms with van der Waals surface area (Å²) >= 11 is 0. The van der Waals surface area contributed by atoms with E-state index < -0.39 is 0 Å². The molecule has 1 aliphatic rings. The Bertz CT molecular complexity index is 712. The van der Waals surface area contributed by atoms with Crippen molar-refractivity contribution in [2.24, 2.45) is 0 Å². The first kappa shape index (κ1) is 19.7. The highest BCUT2D eigenvalue weighted by Crippen LogP contribution is 2.40. The minimum absolute atomic E-state index is 0.255. The lowest BCUT2D eigenvalue weighted by molar-refractivity contribution is -0.132. The zero-order chi connectivity index (χ0) is 19.1. The molecule has 1 heterocycles. The Balaban J connectivity index is 1.58. The van der Waals surface area contributed by atoms with E-state index in [0.717, 1.165) is 32.4 Å². The van der Waals surface area contributed by atoms with Gasteiger partial charge in [0.1, 0.15) is 0 Å². The fourth-order valence-corrected chi connectivity index (χ4v) is 4.34. The molecule has 27 heavy (non-hydrogen) atoms. The summed E-state index contributed by atoms with van der Waals surface area (Å²) in [5, 5.41) is 0. The second-order valence-corrected chi connectivity index (χ2v) is 8.12. The minimum atomic E-state index is 0.255. The van der Waals surface area contributed by atoms with Crippen LogP contribution in [0.1, 0.15) is 62.1 Å². The monoisotopic (exact) mass is 363 g/mol. The molecule has 144 valence electrons. The van der Waals surface area contributed by atoms with Crippen LogP contribution in [0.4, 0.5) is 0 Å². The van der Waals surface area contributed by atoms with Crippen molar-refractivity contribution in [1.82, 2.24) is 4.90 Å². The molecule has 2 heteroatoms. The highest BCUT2D eigenvalue weighted by atomic mass is 16.2. The maximum absolute atomic E-state index is 12.7. The summed E-state index contributed by atoms with van der Waals surface area (Å²) in [5.41, 5.74) is 4.24. The molecule has 1 fully saturated rings. The van der Waals surface area contributed by atoms with Crippen molar-refractivity contribution in [2.45, 2.75) is 64.2 Å². The quantitative estimate of drug-likeness (QED) is 0.620. The summed E-state index contributed by atoms with van der Waals surface area (Å²) in [5.74, 6) is 0.313. The highest BCUT2D eigenvalue weighted by Gasteiger charge is 2.36. The van der Waals surface area contributed by atoms with E-state index >= 15 is 0 Å². The molecule has 0 saturated carbocycles. The molecular weight excluding hydrogens is 330 g/mol. The first-order valence-corrected chi connectivity index (χ1v) is 10.5. The predicted octanol–water partition coefficient (Wildman–Crippen LogP) is 5.68. The van der Waals surface area contributed by atoms with Gasteiger partial charge >= 0.3 is 0 Å². The second-order valence-electron chi connectivity index (χ2n) is 8.12. The van der Waals surface area contributed by atoms with Crippen molar-refractivity contribution in [3.8, 4) is 0 Å². The molecule has 0 radical (unpaired) electrons. The SMILES string of the molecule is CCCCC1(c2ccccc2)CCN(C(=O)CCc2ccc(C)cc2)CC1. The molecule has 3 rings (SSSR count). The zero-order valence-corrected chi connectivity index (χ0v) is 16.9. The Morgan fingerprint density at radius 2 is 1.67 bits per heavy atom. The number of hydrogen-bond donors (Lipinski definition) is 0. The summed E-state index contributed by atoms with van der Waals surface area (Å²) in [7, 11) is 0. The molecule has 2 aromatic carbocycles. The number of hydrogen-bond acceptors (Lipinski definition) is 1. The molecule has 0 unspecified atom stereocenters. The third-order valence-corrected chi connectivity index (χ3v) is 6.22. The highest BCUT2D eigenvalue weighted by molar-refractivity contribution is 5.76. The fraction of sp³-hybridized carbons (Fsp3) is 0.480. The van der Waals surface area contributed by atoms with E-state index in [9.17, 15) is 4.79 Å². The molecule has 0 aliphatic carbocycles. The number of nitrogens with zero attached hydrogens (tertiary/aromatic N) is 1. The van der Waals surface area contributed by atoms with E-state index in [2.05, 4.69) is 73.3 Å². The van der Waals surface area contributed by atoms with Gasteiger partial charge in [-0.3, -0.25) is 4.79 Å². The summed E-state index contributed by atoms with van der Waals surface area (Å²) in [6.07, 6.45) is 7.37. The molecule has 2 nitrogen and oxygen atoms in total. The van der Waals surface area contributed by atoms with Gasteiger partial charge in [-0.15, -0.1) is 0 Å². The standard InChI is InChI=1S/C25H33NO/c1-3-4-16-25(23-8-6-5-7-9-23)17-19-26(20-18-25)24(27)15-14-22-12-10-21(2)11-13-22/h5-13H,3-4,14-20H2,1-2H3. The largest absolute Gasteiger partial charge is 0.343 e. The van der Waals surface area contributed by atoms with Crippen molar-refractivity contribution in [1.29, 1.82) is 0 Å². The van der Waals surface area contributed by atoms with Crippen molar-refractivity contribution in [3.63, 3.8) is 0 Å². The van der Waals surface area contributed by atoms with E-state index in [4.69, 9.17) is 0 Å². The van der Waals surface area contributed by atoms with Crippen molar-refractivity contribution < 1.29 is 4.79 Å². The lowest BCUT2D eigenvalue weighted by atomic mass is 9.69. The summed E-state index contributed by atoms with van der Waals surface area (Å²) in [4.78, 5) is 14.8. The first-order valence-electron chi connectivity index (χ1n) is 10.5. The number of piperidine rings is 1. The topological polar surface area (TPSA) is 20.3 Å². The Morgan fingerprint density at radius 3 is 2.30 bits per heavy atom. The van der Waals surface area contributed by atoms with Crippen LogP contribution in [0.5, 0.6) is 0 Å². The van der Waals surface area contributed by atoms with Crippen LogP contribution in [0.3, 0.4) is 0 Å². The number of benzene rings is 2. The molecule has 1 saturated heterocycles. The third-order valence-electron chi connectivity index (χ3n) is 6.22. The van der Waals surface area contributed by atoms with E-state index in [1.165, 1.54) is 36.0 Å². The van der Waals surface area contributed by atoms with Crippen LogP contribution in [0, 0.1) is 6.92 Å². The molecule has 1 amide bonds. The molecule has 2 aromatic rings. The van der Waals surface area contributed by atoms with E-state index in [0.29, 0.717) is 12.3 Å². The molecule has 0 aromatic heterocycles. The van der Waals surface area contributed by atoms with E-state index in [1.54, 1.807) is 0 Å². The van der Waals surface area contributed by atoms with E-state index in [1.807, 2.05) is 0 Å². The van der Waals surface area contributed by atoms with Crippen LogP contribution in [-0.2, 0) is 16.6 Å². The van der Waals surface area contributed by atoms with Gasteiger partial charge in [-0.2, -0.15) is 0 Å². The molecule has 0 bridgehead atoms. The molecule has 0 atom stereocenters. The second kappa shape index (κ2) is 9.21. The number of amides is 1. The Kier molecular flexibility index (Phi) is 6.71. The molecular formula is C25H33NO. The molecule has 1 aliphatic heterocycles. The van der Waals surface area contributed by atoms with Gasteiger partial charge in [-0.25, -0.2) is 0 Å². The Morgan fingerprint density at radius 1 is 1.00 bits per heavy atom. The van der Waals surface area contributed by atoms with Gasteiger partial charge in [0, 0.05) is 19.5 Å². The van der Waals surface area contributed by atoms with E-state index in [-0.39, 0.29) is 5.41 Å². The maximum atomic E-state index is 12.7. The summed E-state index contributed by atoms with van der Waals surface area (Å²) in [6, 6.07) is 19.5. The lowest BCUT2D eigenvalue weighted by Gasteiger charge is -2.42. The normalized spacial score (nSPS) is 16.3. The molecule has 0 spiro atoms. The van der Waals surface area contributed by atoms with Crippen LogP contribution in [0.25, 0.3) is 0 Å². The Labute approximate surface area is 164 Å². The smallest absolute Gasteiger partial charge is 0.222 e. The van der Waals surface area contributed by atoms with Gasteiger partial charge in [0.25, 0.3) is 0 Å². The lowest BCUT2D eigenvalue weighted by Crippen LogP contribution is -2.45. The van der Waals surface area contributed by atoms with Crippen LogP contribution >= 0.6 is 0 Å². The summed E-state index contributed by atoms with van der Waals surface area (Å²) in [6.45, 7) is 6.15. The van der Waals surface area contributed by atoms with Gasteiger partial charge in [-0.05, 0) is 49.1 Å². The average molecular weight is 364 g/mol. The number of unbranched alkanes of at least 4 members (excludes halogenated alkanes) is 1. The van der Waals surface area contributed by atoms with Crippen LogP contribution in [0.2, 0.25) is 0 Å². The van der Waals surface area contributed by atoms with Gasteiger partial charge in [0.15, 0.2) is 0 Å².